The SMILES string of the molecule is CNC(c1cnccc1N)C1COc2ccccc2O1. The molecule has 0 saturated heterocycles. The van der Waals surface area contributed by atoms with E-state index in [1.54, 1.807) is 18.5 Å². The van der Waals surface area contributed by atoms with Crippen molar-refractivity contribution < 1.29 is 9.47 Å². The fourth-order valence-corrected chi connectivity index (χ4v) is 2.42. The summed E-state index contributed by atoms with van der Waals surface area (Å²) in [4.78, 5) is 4.14. The highest BCUT2D eigenvalue weighted by Crippen LogP contribution is 2.35. The van der Waals surface area contributed by atoms with Gasteiger partial charge in [-0.3, -0.25) is 4.98 Å². The van der Waals surface area contributed by atoms with Gasteiger partial charge < -0.3 is 20.5 Å². The second kappa shape index (κ2) is 5.38. The van der Waals surface area contributed by atoms with Gasteiger partial charge in [0, 0.05) is 23.6 Å². The van der Waals surface area contributed by atoms with Crippen LogP contribution in [0.15, 0.2) is 42.7 Å². The quantitative estimate of drug-likeness (QED) is 0.890. The van der Waals surface area contributed by atoms with Crippen molar-refractivity contribution in [3.8, 4) is 11.5 Å². The van der Waals surface area contributed by atoms with Crippen LogP contribution in [0.2, 0.25) is 0 Å². The number of fused-ring (bicyclic) bond motifs is 1. The number of likely N-dealkylation sites (N-methyl/N-ethyl adjacent to an activating group) is 1. The maximum Gasteiger partial charge on any atom is 0.161 e. The van der Waals surface area contributed by atoms with Crippen LogP contribution in [-0.2, 0) is 0 Å². The summed E-state index contributed by atoms with van der Waals surface area (Å²) in [7, 11) is 1.88. The molecule has 0 saturated carbocycles. The van der Waals surface area contributed by atoms with E-state index < -0.39 is 0 Å². The number of nitrogens with zero attached hydrogens (tertiary/aromatic N) is 1. The minimum Gasteiger partial charge on any atom is -0.486 e. The number of para-hydroxylation sites is 2. The molecule has 1 aromatic heterocycles. The molecule has 1 aliphatic heterocycles. The van der Waals surface area contributed by atoms with E-state index in [9.17, 15) is 0 Å². The number of pyridine rings is 1. The summed E-state index contributed by atoms with van der Waals surface area (Å²) in [5.74, 6) is 1.53. The molecule has 0 bridgehead atoms. The van der Waals surface area contributed by atoms with Crippen molar-refractivity contribution in [2.45, 2.75) is 12.1 Å². The van der Waals surface area contributed by atoms with Crippen LogP contribution in [0.1, 0.15) is 11.6 Å². The molecule has 0 radical (unpaired) electrons. The highest BCUT2D eigenvalue weighted by atomic mass is 16.6. The third-order valence-corrected chi connectivity index (χ3v) is 3.44. The first-order valence-corrected chi connectivity index (χ1v) is 6.54. The Kier molecular flexibility index (Phi) is 3.43. The number of hydrogen-bond donors (Lipinski definition) is 2. The van der Waals surface area contributed by atoms with Crippen molar-refractivity contribution in [3.63, 3.8) is 0 Å². The van der Waals surface area contributed by atoms with Crippen molar-refractivity contribution in [3.05, 3.63) is 48.3 Å². The molecule has 5 nitrogen and oxygen atoms in total. The molecule has 3 rings (SSSR count). The van der Waals surface area contributed by atoms with Gasteiger partial charge in [0.25, 0.3) is 0 Å². The highest BCUT2D eigenvalue weighted by molar-refractivity contribution is 5.47. The molecule has 1 aliphatic rings. The van der Waals surface area contributed by atoms with E-state index in [1.807, 2.05) is 31.3 Å². The molecule has 3 N–H and O–H groups in total. The van der Waals surface area contributed by atoms with Crippen LogP contribution in [0.25, 0.3) is 0 Å². The lowest BCUT2D eigenvalue weighted by atomic mass is 10.0. The Morgan fingerprint density at radius 2 is 2.10 bits per heavy atom. The number of ether oxygens (including phenoxy) is 2. The summed E-state index contributed by atoms with van der Waals surface area (Å²) in [5, 5.41) is 3.23. The fraction of sp³-hybridized carbons (Fsp3) is 0.267. The number of rotatable bonds is 3. The zero-order valence-corrected chi connectivity index (χ0v) is 11.2. The molecule has 20 heavy (non-hydrogen) atoms. The van der Waals surface area contributed by atoms with Gasteiger partial charge in [0.15, 0.2) is 17.6 Å². The lowest BCUT2D eigenvalue weighted by molar-refractivity contribution is 0.0639. The first-order chi connectivity index (χ1) is 9.79. The van der Waals surface area contributed by atoms with E-state index in [2.05, 4.69) is 10.3 Å². The molecule has 2 unspecified atom stereocenters. The Hall–Kier alpha value is -2.27. The first kappa shape index (κ1) is 12.7. The molecule has 104 valence electrons. The molecule has 0 amide bonds. The van der Waals surface area contributed by atoms with Crippen molar-refractivity contribution in [1.29, 1.82) is 0 Å². The topological polar surface area (TPSA) is 69.4 Å². The standard InChI is InChI=1S/C15H17N3O2/c1-17-15(10-8-18-7-6-11(10)16)14-9-19-12-4-2-3-5-13(12)20-14/h2-8,14-15,17H,9H2,1H3,(H2,16,18). The molecule has 2 heterocycles. The van der Waals surface area contributed by atoms with E-state index in [0.29, 0.717) is 12.3 Å². The van der Waals surface area contributed by atoms with Gasteiger partial charge in [0.05, 0.1) is 6.04 Å². The maximum absolute atomic E-state index is 6.02. The van der Waals surface area contributed by atoms with E-state index in [4.69, 9.17) is 15.2 Å². The Morgan fingerprint density at radius 3 is 2.85 bits per heavy atom. The lowest BCUT2D eigenvalue weighted by Crippen LogP contribution is -2.40. The van der Waals surface area contributed by atoms with E-state index >= 15 is 0 Å². The highest BCUT2D eigenvalue weighted by Gasteiger charge is 2.30. The predicted octanol–water partition coefficient (Wildman–Crippen LogP) is 1.76. The zero-order valence-electron chi connectivity index (χ0n) is 11.2. The predicted molar refractivity (Wildman–Crippen MR) is 76.8 cm³/mol. The summed E-state index contributed by atoms with van der Waals surface area (Å²) in [5.41, 5.74) is 7.64. The van der Waals surface area contributed by atoms with Crippen molar-refractivity contribution in [2.75, 3.05) is 19.4 Å². The first-order valence-electron chi connectivity index (χ1n) is 6.54. The van der Waals surface area contributed by atoms with Gasteiger partial charge in [-0.25, -0.2) is 0 Å². The summed E-state index contributed by atoms with van der Waals surface area (Å²) < 4.78 is 11.8. The van der Waals surface area contributed by atoms with Crippen LogP contribution in [0, 0.1) is 0 Å². The van der Waals surface area contributed by atoms with Gasteiger partial charge >= 0.3 is 0 Å². The van der Waals surface area contributed by atoms with Crippen LogP contribution in [0.3, 0.4) is 0 Å². The van der Waals surface area contributed by atoms with Crippen molar-refractivity contribution >= 4 is 5.69 Å². The van der Waals surface area contributed by atoms with Gasteiger partial charge in [-0.05, 0) is 25.2 Å². The van der Waals surface area contributed by atoms with Gasteiger partial charge in [0.1, 0.15) is 6.61 Å². The second-order valence-corrected chi connectivity index (χ2v) is 4.68. The van der Waals surface area contributed by atoms with Gasteiger partial charge in [-0.1, -0.05) is 12.1 Å². The van der Waals surface area contributed by atoms with Crippen LogP contribution in [-0.4, -0.2) is 24.7 Å². The molecule has 5 heteroatoms. The summed E-state index contributed by atoms with van der Waals surface area (Å²) in [6.45, 7) is 0.469. The number of anilines is 1. The number of aromatic nitrogens is 1. The van der Waals surface area contributed by atoms with Crippen molar-refractivity contribution in [2.24, 2.45) is 0 Å². The molecule has 0 aliphatic carbocycles. The minimum atomic E-state index is -0.151. The van der Waals surface area contributed by atoms with E-state index in [-0.39, 0.29) is 12.1 Å². The smallest absolute Gasteiger partial charge is 0.161 e. The number of nitrogens with two attached hydrogens (primary N) is 1. The molecule has 1 aromatic carbocycles. The maximum atomic E-state index is 6.02. The average Bonchev–Trinajstić information content (AvgIpc) is 2.50. The lowest BCUT2D eigenvalue weighted by Gasteiger charge is -2.32. The Bertz CT molecular complexity index is 603. The monoisotopic (exact) mass is 271 g/mol. The second-order valence-electron chi connectivity index (χ2n) is 4.68. The molecule has 0 fully saturated rings. The average molecular weight is 271 g/mol. The number of nitrogens with one attached hydrogen (secondary N) is 1. The largest absolute Gasteiger partial charge is 0.486 e. The molecule has 2 aromatic rings. The summed E-state index contributed by atoms with van der Waals surface area (Å²) >= 11 is 0. The molecule has 0 spiro atoms. The molecular formula is C15H17N3O2. The Morgan fingerprint density at radius 1 is 1.30 bits per heavy atom. The van der Waals surface area contributed by atoms with Gasteiger partial charge in [0.2, 0.25) is 0 Å². The van der Waals surface area contributed by atoms with Crippen LogP contribution >= 0.6 is 0 Å². The normalized spacial score (nSPS) is 18.6. The summed E-state index contributed by atoms with van der Waals surface area (Å²) in [6, 6.07) is 9.38. The fourth-order valence-electron chi connectivity index (χ4n) is 2.42. The van der Waals surface area contributed by atoms with Crippen molar-refractivity contribution in [1.82, 2.24) is 10.3 Å². The third kappa shape index (κ3) is 2.28. The van der Waals surface area contributed by atoms with Gasteiger partial charge in [-0.2, -0.15) is 0 Å². The number of nitrogen functional groups attached to an aromatic ring is 1. The third-order valence-electron chi connectivity index (χ3n) is 3.44. The van der Waals surface area contributed by atoms with Crippen LogP contribution in [0.4, 0.5) is 5.69 Å². The molecular weight excluding hydrogens is 254 g/mol. The van der Waals surface area contributed by atoms with E-state index in [0.717, 1.165) is 17.1 Å². The number of hydrogen-bond acceptors (Lipinski definition) is 5. The Labute approximate surface area is 117 Å². The number of benzene rings is 1. The van der Waals surface area contributed by atoms with Crippen LogP contribution < -0.4 is 20.5 Å². The summed E-state index contributed by atoms with van der Waals surface area (Å²) in [6.07, 6.45) is 3.29. The van der Waals surface area contributed by atoms with E-state index in [1.165, 1.54) is 0 Å². The zero-order chi connectivity index (χ0) is 13.9. The van der Waals surface area contributed by atoms with Crippen LogP contribution in [0.5, 0.6) is 11.5 Å². The van der Waals surface area contributed by atoms with Gasteiger partial charge in [-0.15, -0.1) is 0 Å². The minimum absolute atomic E-state index is 0.0722. The Balaban J connectivity index is 1.87. The molecule has 2 atom stereocenters.